The monoisotopic (exact) mass is 580 g/mol. The largest absolute Gasteiger partial charge is 0.475 e. The van der Waals surface area contributed by atoms with E-state index in [0.29, 0.717) is 5.92 Å². The van der Waals surface area contributed by atoms with Gasteiger partial charge >= 0.3 is 0 Å². The van der Waals surface area contributed by atoms with Crippen molar-refractivity contribution >= 4 is 27.5 Å². The van der Waals surface area contributed by atoms with Gasteiger partial charge in [0.15, 0.2) is 6.23 Å². The number of carbonyl (C=O) groups is 1. The van der Waals surface area contributed by atoms with Crippen LogP contribution in [0.3, 0.4) is 0 Å². The van der Waals surface area contributed by atoms with Gasteiger partial charge in [-0.2, -0.15) is 0 Å². The average molecular weight is 582 g/mol. The van der Waals surface area contributed by atoms with E-state index in [2.05, 4.69) is 38.3 Å². The predicted octanol–water partition coefficient (Wildman–Crippen LogP) is 8.18. The molecular formula is C32H38BrFN2O2. The van der Waals surface area contributed by atoms with Crippen molar-refractivity contribution in [3.8, 4) is 5.75 Å². The van der Waals surface area contributed by atoms with Crippen LogP contribution in [-0.4, -0.2) is 30.1 Å². The number of ether oxygens (including phenoxy) is 1. The molecule has 0 radical (unpaired) electrons. The summed E-state index contributed by atoms with van der Waals surface area (Å²) >= 11 is 3.51. The molecule has 6 heteroatoms. The molecule has 1 fully saturated rings. The van der Waals surface area contributed by atoms with Gasteiger partial charge in [0, 0.05) is 29.2 Å². The summed E-state index contributed by atoms with van der Waals surface area (Å²) in [5.41, 5.74) is 3.33. The summed E-state index contributed by atoms with van der Waals surface area (Å²) < 4.78 is 20.8. The molecule has 0 aromatic heterocycles. The van der Waals surface area contributed by atoms with Crippen LogP contribution in [0.1, 0.15) is 63.0 Å². The van der Waals surface area contributed by atoms with E-state index in [-0.39, 0.29) is 23.9 Å². The van der Waals surface area contributed by atoms with Gasteiger partial charge in [-0.25, -0.2) is 4.39 Å². The van der Waals surface area contributed by atoms with Gasteiger partial charge in [0.1, 0.15) is 11.6 Å². The number of anilines is 1. The zero-order valence-corrected chi connectivity index (χ0v) is 23.9. The Morgan fingerprint density at radius 3 is 2.42 bits per heavy atom. The van der Waals surface area contributed by atoms with Crippen LogP contribution in [-0.2, 0) is 11.2 Å². The number of rotatable bonds is 11. The maximum absolute atomic E-state index is 13.2. The molecule has 0 aliphatic carbocycles. The van der Waals surface area contributed by atoms with Crippen molar-refractivity contribution in [1.29, 1.82) is 0 Å². The lowest BCUT2D eigenvalue weighted by Gasteiger charge is -2.37. The fourth-order valence-electron chi connectivity index (χ4n) is 4.96. The summed E-state index contributed by atoms with van der Waals surface area (Å²) in [6.07, 6.45) is 6.08. The van der Waals surface area contributed by atoms with E-state index in [4.69, 9.17) is 4.74 Å². The molecule has 1 heterocycles. The van der Waals surface area contributed by atoms with Crippen LogP contribution in [0.2, 0.25) is 0 Å². The summed E-state index contributed by atoms with van der Waals surface area (Å²) in [4.78, 5) is 14.6. The minimum absolute atomic E-state index is 0.0157. The lowest BCUT2D eigenvalue weighted by Crippen LogP contribution is -2.44. The molecule has 1 N–H and O–H groups in total. The molecule has 4 rings (SSSR count). The van der Waals surface area contributed by atoms with Crippen LogP contribution in [0, 0.1) is 11.7 Å². The van der Waals surface area contributed by atoms with Crippen molar-refractivity contribution < 1.29 is 13.9 Å². The number of unbranched alkanes of at least 4 members (excludes halogenated alkanes) is 1. The normalized spacial score (nSPS) is 15.4. The first-order valence-corrected chi connectivity index (χ1v) is 14.5. The first-order valence-electron chi connectivity index (χ1n) is 13.7. The highest BCUT2D eigenvalue weighted by atomic mass is 79.9. The third-order valence-electron chi connectivity index (χ3n) is 7.25. The number of nitrogens with one attached hydrogen (secondary N) is 1. The quantitative estimate of drug-likeness (QED) is 0.232. The fraction of sp³-hybridized carbons (Fsp3) is 0.406. The van der Waals surface area contributed by atoms with Gasteiger partial charge in [-0.3, -0.25) is 9.69 Å². The van der Waals surface area contributed by atoms with E-state index in [1.807, 2.05) is 62.4 Å². The molecule has 1 saturated heterocycles. The molecule has 1 atom stereocenters. The molecule has 4 nitrogen and oxygen atoms in total. The zero-order valence-electron chi connectivity index (χ0n) is 22.3. The molecule has 38 heavy (non-hydrogen) atoms. The van der Waals surface area contributed by atoms with Gasteiger partial charge < -0.3 is 10.1 Å². The standard InChI is InChI=1S/C32H38BrFN2O2/c1-23(2)32(37)35-29-8-5-7-26(22-29)25-18-20-36(21-19-25)31(38-30-16-12-27(33)13-17-30)9-4-3-6-24-10-14-28(34)15-11-24/h5,7-8,10-17,22-23,25,31H,3-4,6,9,18-21H2,1-2H3,(H,35,37). The number of hydrogen-bond donors (Lipinski definition) is 1. The number of piperidine rings is 1. The third kappa shape index (κ3) is 8.40. The Labute approximate surface area is 234 Å². The first kappa shape index (κ1) is 28.3. The topological polar surface area (TPSA) is 41.6 Å². The Hall–Kier alpha value is -2.70. The summed E-state index contributed by atoms with van der Waals surface area (Å²) in [6, 6.07) is 23.2. The third-order valence-corrected chi connectivity index (χ3v) is 7.78. The maximum atomic E-state index is 13.2. The SMILES string of the molecule is CC(C)C(=O)Nc1cccc(C2CCN(C(CCCCc3ccc(F)cc3)Oc3ccc(Br)cc3)CC2)c1. The molecular weight excluding hydrogens is 543 g/mol. The lowest BCUT2D eigenvalue weighted by atomic mass is 9.89. The van der Waals surface area contributed by atoms with E-state index in [9.17, 15) is 9.18 Å². The average Bonchev–Trinajstić information content (AvgIpc) is 2.92. The van der Waals surface area contributed by atoms with E-state index in [1.54, 1.807) is 0 Å². The molecule has 0 spiro atoms. The van der Waals surface area contributed by atoms with Crippen molar-refractivity contribution in [2.45, 2.75) is 64.5 Å². The minimum atomic E-state index is -0.188. The predicted molar refractivity (Wildman–Crippen MR) is 156 cm³/mol. The zero-order chi connectivity index (χ0) is 26.9. The second-order valence-electron chi connectivity index (χ2n) is 10.5. The second kappa shape index (κ2) is 13.9. The Bertz CT molecular complexity index is 1160. The van der Waals surface area contributed by atoms with Gasteiger partial charge in [-0.1, -0.05) is 54.0 Å². The van der Waals surface area contributed by atoms with Crippen LogP contribution in [0.4, 0.5) is 10.1 Å². The highest BCUT2D eigenvalue weighted by Crippen LogP contribution is 2.32. The van der Waals surface area contributed by atoms with Gasteiger partial charge in [-0.05, 0) is 104 Å². The van der Waals surface area contributed by atoms with E-state index < -0.39 is 0 Å². The van der Waals surface area contributed by atoms with E-state index in [1.165, 1.54) is 23.3 Å². The molecule has 3 aromatic carbocycles. The highest BCUT2D eigenvalue weighted by molar-refractivity contribution is 9.10. The van der Waals surface area contributed by atoms with Crippen LogP contribution in [0.25, 0.3) is 0 Å². The fourth-order valence-corrected chi connectivity index (χ4v) is 5.23. The Morgan fingerprint density at radius 1 is 1.03 bits per heavy atom. The van der Waals surface area contributed by atoms with Gasteiger partial charge in [0.05, 0.1) is 0 Å². The van der Waals surface area contributed by atoms with Crippen molar-refractivity contribution in [3.63, 3.8) is 0 Å². The molecule has 202 valence electrons. The summed E-state index contributed by atoms with van der Waals surface area (Å²) in [7, 11) is 0. The van der Waals surface area contributed by atoms with Crippen molar-refractivity contribution in [2.75, 3.05) is 18.4 Å². The highest BCUT2D eigenvalue weighted by Gasteiger charge is 2.27. The number of carbonyl (C=O) groups excluding carboxylic acids is 1. The Morgan fingerprint density at radius 2 is 1.74 bits per heavy atom. The van der Waals surface area contributed by atoms with Crippen LogP contribution >= 0.6 is 15.9 Å². The van der Waals surface area contributed by atoms with Crippen LogP contribution in [0.15, 0.2) is 77.3 Å². The van der Waals surface area contributed by atoms with Crippen molar-refractivity contribution in [2.24, 2.45) is 5.92 Å². The molecule has 0 bridgehead atoms. The number of amides is 1. The van der Waals surface area contributed by atoms with Crippen molar-refractivity contribution in [3.05, 3.63) is 94.2 Å². The number of nitrogens with zero attached hydrogens (tertiary/aromatic N) is 1. The Kier molecular flexibility index (Phi) is 10.4. The lowest BCUT2D eigenvalue weighted by molar-refractivity contribution is -0.118. The molecule has 1 aliphatic heterocycles. The molecule has 0 saturated carbocycles. The Balaban J connectivity index is 1.35. The summed E-state index contributed by atoms with van der Waals surface area (Å²) in [5, 5.41) is 3.03. The number of aryl methyl sites for hydroxylation is 1. The van der Waals surface area contributed by atoms with Gasteiger partial charge in [0.25, 0.3) is 0 Å². The summed E-state index contributed by atoms with van der Waals surface area (Å²) in [6.45, 7) is 5.74. The summed E-state index contributed by atoms with van der Waals surface area (Å²) in [5.74, 6) is 1.16. The molecule has 1 amide bonds. The van der Waals surface area contributed by atoms with Crippen LogP contribution in [0.5, 0.6) is 5.75 Å². The second-order valence-corrected chi connectivity index (χ2v) is 11.4. The first-order chi connectivity index (χ1) is 18.4. The smallest absolute Gasteiger partial charge is 0.226 e. The van der Waals surface area contributed by atoms with E-state index in [0.717, 1.165) is 67.5 Å². The van der Waals surface area contributed by atoms with Gasteiger partial charge in [0.2, 0.25) is 5.91 Å². The molecule has 1 aliphatic rings. The number of benzene rings is 3. The number of hydrogen-bond acceptors (Lipinski definition) is 3. The molecule has 3 aromatic rings. The maximum Gasteiger partial charge on any atom is 0.226 e. The number of likely N-dealkylation sites (tertiary alicyclic amines) is 1. The number of halogens is 2. The van der Waals surface area contributed by atoms with E-state index >= 15 is 0 Å². The minimum Gasteiger partial charge on any atom is -0.475 e. The van der Waals surface area contributed by atoms with Crippen molar-refractivity contribution in [1.82, 2.24) is 4.90 Å². The van der Waals surface area contributed by atoms with Crippen LogP contribution < -0.4 is 10.1 Å². The molecule has 1 unspecified atom stereocenters. The van der Waals surface area contributed by atoms with Gasteiger partial charge in [-0.15, -0.1) is 0 Å².